The Morgan fingerprint density at radius 2 is 1.85 bits per heavy atom. The lowest BCUT2D eigenvalue weighted by Crippen LogP contribution is -2.22. The molecule has 0 saturated carbocycles. The third kappa shape index (κ3) is 2.22. The zero-order valence-electron chi connectivity index (χ0n) is 10.2. The van der Waals surface area contributed by atoms with E-state index in [1.807, 2.05) is 0 Å². The van der Waals surface area contributed by atoms with Crippen LogP contribution in [0.2, 0.25) is 0 Å². The monoisotopic (exact) mass is 338 g/mol. The highest BCUT2D eigenvalue weighted by Crippen LogP contribution is 2.37. The molecule has 5 heteroatoms. The highest BCUT2D eigenvalue weighted by Gasteiger charge is 2.31. The van der Waals surface area contributed by atoms with E-state index in [1.54, 1.807) is 18.2 Å². The third-order valence-corrected chi connectivity index (χ3v) is 3.70. The number of carbonyl (C=O) groups is 1. The predicted octanol–water partition coefficient (Wildman–Crippen LogP) is 4.43. The van der Waals surface area contributed by atoms with Gasteiger partial charge in [0, 0.05) is 4.47 Å². The molecule has 0 bridgehead atoms. The van der Waals surface area contributed by atoms with Gasteiger partial charge in [-0.3, -0.25) is 4.79 Å². The molecule has 0 radical (unpaired) electrons. The molecule has 0 saturated heterocycles. The van der Waals surface area contributed by atoms with Crippen molar-refractivity contribution in [3.63, 3.8) is 0 Å². The summed E-state index contributed by atoms with van der Waals surface area (Å²) in [6, 6.07) is 8.58. The highest BCUT2D eigenvalue weighted by atomic mass is 79.9. The largest absolute Gasteiger partial charge is 0.484 e. The SMILES string of the molecule is O=C1CC(c2c(F)cccc2F)Oc2cc(Br)ccc21. The van der Waals surface area contributed by atoms with Gasteiger partial charge < -0.3 is 4.74 Å². The number of benzene rings is 2. The molecule has 2 nitrogen and oxygen atoms in total. The van der Waals surface area contributed by atoms with Crippen LogP contribution in [0.3, 0.4) is 0 Å². The van der Waals surface area contributed by atoms with Crippen molar-refractivity contribution in [3.05, 3.63) is 63.6 Å². The first-order valence-electron chi connectivity index (χ1n) is 5.99. The van der Waals surface area contributed by atoms with E-state index in [-0.39, 0.29) is 17.8 Å². The van der Waals surface area contributed by atoms with Crippen molar-refractivity contribution >= 4 is 21.7 Å². The summed E-state index contributed by atoms with van der Waals surface area (Å²) in [5.74, 6) is -1.27. The molecule has 2 aromatic rings. The van der Waals surface area contributed by atoms with Crippen LogP contribution in [0, 0.1) is 11.6 Å². The van der Waals surface area contributed by atoms with E-state index < -0.39 is 17.7 Å². The minimum absolute atomic E-state index is 0.0769. The van der Waals surface area contributed by atoms with Gasteiger partial charge in [-0.1, -0.05) is 22.0 Å². The first-order chi connectivity index (χ1) is 9.56. The smallest absolute Gasteiger partial charge is 0.170 e. The number of rotatable bonds is 1. The topological polar surface area (TPSA) is 26.3 Å². The summed E-state index contributed by atoms with van der Waals surface area (Å²) >= 11 is 3.28. The van der Waals surface area contributed by atoms with Gasteiger partial charge in [0.25, 0.3) is 0 Å². The van der Waals surface area contributed by atoms with Crippen molar-refractivity contribution in [2.45, 2.75) is 12.5 Å². The molecule has 1 heterocycles. The minimum Gasteiger partial charge on any atom is -0.484 e. The molecule has 1 unspecified atom stereocenters. The quantitative estimate of drug-likeness (QED) is 0.768. The number of hydrogen-bond acceptors (Lipinski definition) is 2. The van der Waals surface area contributed by atoms with E-state index in [9.17, 15) is 13.6 Å². The number of ketones is 1. The Hall–Kier alpha value is -1.75. The third-order valence-electron chi connectivity index (χ3n) is 3.21. The molecule has 1 aliphatic heterocycles. The Morgan fingerprint density at radius 1 is 1.15 bits per heavy atom. The molecular weight excluding hydrogens is 330 g/mol. The molecule has 20 heavy (non-hydrogen) atoms. The number of Topliss-reactive ketones (excluding diaryl/α,β-unsaturated/α-hetero) is 1. The number of ether oxygens (including phenoxy) is 1. The van der Waals surface area contributed by atoms with E-state index in [2.05, 4.69) is 15.9 Å². The fourth-order valence-electron chi connectivity index (χ4n) is 2.28. The molecule has 102 valence electrons. The van der Waals surface area contributed by atoms with Crippen LogP contribution in [0.1, 0.15) is 28.4 Å². The van der Waals surface area contributed by atoms with Gasteiger partial charge in [0.05, 0.1) is 17.5 Å². The van der Waals surface area contributed by atoms with Gasteiger partial charge in [0.1, 0.15) is 23.5 Å². The first kappa shape index (κ1) is 13.2. The summed E-state index contributed by atoms with van der Waals surface area (Å²) in [7, 11) is 0. The van der Waals surface area contributed by atoms with E-state index in [0.717, 1.165) is 16.6 Å². The van der Waals surface area contributed by atoms with Crippen LogP contribution in [-0.4, -0.2) is 5.78 Å². The number of hydrogen-bond donors (Lipinski definition) is 0. The van der Waals surface area contributed by atoms with Crippen molar-refractivity contribution in [1.82, 2.24) is 0 Å². The maximum absolute atomic E-state index is 13.8. The molecule has 1 atom stereocenters. The van der Waals surface area contributed by atoms with Crippen LogP contribution in [0.5, 0.6) is 5.75 Å². The van der Waals surface area contributed by atoms with E-state index >= 15 is 0 Å². The van der Waals surface area contributed by atoms with Gasteiger partial charge in [-0.2, -0.15) is 0 Å². The molecule has 0 amide bonds. The fraction of sp³-hybridized carbons (Fsp3) is 0.133. The van der Waals surface area contributed by atoms with Crippen LogP contribution in [0.15, 0.2) is 40.9 Å². The molecule has 0 spiro atoms. The number of fused-ring (bicyclic) bond motifs is 1. The maximum Gasteiger partial charge on any atom is 0.170 e. The van der Waals surface area contributed by atoms with Gasteiger partial charge in [-0.25, -0.2) is 8.78 Å². The molecule has 0 fully saturated rings. The van der Waals surface area contributed by atoms with Crippen molar-refractivity contribution in [1.29, 1.82) is 0 Å². The van der Waals surface area contributed by atoms with Gasteiger partial charge in [0.15, 0.2) is 5.78 Å². The normalized spacial score (nSPS) is 17.6. The maximum atomic E-state index is 13.8. The Kier molecular flexibility index (Phi) is 3.30. The summed E-state index contributed by atoms with van der Waals surface area (Å²) in [6.45, 7) is 0. The highest BCUT2D eigenvalue weighted by molar-refractivity contribution is 9.10. The average Bonchev–Trinajstić information content (AvgIpc) is 2.38. The Bertz CT molecular complexity index is 680. The van der Waals surface area contributed by atoms with Crippen LogP contribution in [0.25, 0.3) is 0 Å². The summed E-state index contributed by atoms with van der Waals surface area (Å²) in [5, 5.41) is 0. The van der Waals surface area contributed by atoms with Crippen molar-refractivity contribution < 1.29 is 18.3 Å². The van der Waals surface area contributed by atoms with Crippen LogP contribution < -0.4 is 4.74 Å². The molecule has 0 aromatic heterocycles. The molecule has 0 N–H and O–H groups in total. The van der Waals surface area contributed by atoms with Crippen molar-refractivity contribution in [2.75, 3.05) is 0 Å². The fourth-order valence-corrected chi connectivity index (χ4v) is 2.62. The molecular formula is C15H9BrF2O2. The van der Waals surface area contributed by atoms with E-state index in [1.165, 1.54) is 6.07 Å². The Balaban J connectivity index is 2.05. The zero-order chi connectivity index (χ0) is 14.3. The second-order valence-corrected chi connectivity index (χ2v) is 5.43. The molecule has 2 aromatic carbocycles. The van der Waals surface area contributed by atoms with Crippen LogP contribution in [0.4, 0.5) is 8.78 Å². The van der Waals surface area contributed by atoms with Gasteiger partial charge in [-0.05, 0) is 30.3 Å². The molecule has 3 rings (SSSR count). The average molecular weight is 339 g/mol. The molecule has 1 aliphatic rings. The number of carbonyl (C=O) groups excluding carboxylic acids is 1. The summed E-state index contributed by atoms with van der Waals surface area (Å²) in [5.41, 5.74) is 0.229. The van der Waals surface area contributed by atoms with Gasteiger partial charge in [0.2, 0.25) is 0 Å². The van der Waals surface area contributed by atoms with Gasteiger partial charge in [-0.15, -0.1) is 0 Å². The molecule has 0 aliphatic carbocycles. The Morgan fingerprint density at radius 3 is 2.55 bits per heavy atom. The minimum atomic E-state index is -0.939. The number of halogens is 3. The van der Waals surface area contributed by atoms with E-state index in [0.29, 0.717) is 11.3 Å². The standard InChI is InChI=1S/C15H9BrF2O2/c16-8-4-5-9-12(19)7-14(20-13(9)6-8)15-10(17)2-1-3-11(15)18/h1-6,14H,7H2. The van der Waals surface area contributed by atoms with Crippen LogP contribution >= 0.6 is 15.9 Å². The van der Waals surface area contributed by atoms with Gasteiger partial charge >= 0.3 is 0 Å². The second-order valence-electron chi connectivity index (χ2n) is 4.51. The predicted molar refractivity (Wildman–Crippen MR) is 72.8 cm³/mol. The van der Waals surface area contributed by atoms with E-state index in [4.69, 9.17) is 4.74 Å². The lowest BCUT2D eigenvalue weighted by molar-refractivity contribution is 0.0841. The second kappa shape index (κ2) is 4.98. The summed E-state index contributed by atoms with van der Waals surface area (Å²) < 4.78 is 33.9. The summed E-state index contributed by atoms with van der Waals surface area (Å²) in [4.78, 5) is 12.1. The first-order valence-corrected chi connectivity index (χ1v) is 6.79. The van der Waals surface area contributed by atoms with Crippen molar-refractivity contribution in [2.24, 2.45) is 0 Å². The lowest BCUT2D eigenvalue weighted by Gasteiger charge is -2.26. The van der Waals surface area contributed by atoms with Crippen molar-refractivity contribution in [3.8, 4) is 5.75 Å². The van der Waals surface area contributed by atoms with Crippen LogP contribution in [-0.2, 0) is 0 Å². The zero-order valence-corrected chi connectivity index (χ0v) is 11.8. The Labute approximate surface area is 122 Å². The lowest BCUT2D eigenvalue weighted by atomic mass is 9.96. The summed E-state index contributed by atoms with van der Waals surface area (Å²) in [6.07, 6.45) is -1.02.